The molecule has 0 saturated carbocycles. The molecule has 1 fully saturated rings. The van der Waals surface area contributed by atoms with Crippen LogP contribution in [0.5, 0.6) is 0 Å². The Morgan fingerprint density at radius 1 is 0.919 bits per heavy atom. The summed E-state index contributed by atoms with van der Waals surface area (Å²) < 4.78 is 1.73. The van der Waals surface area contributed by atoms with Gasteiger partial charge in [-0.3, -0.25) is 4.68 Å². The number of benzene rings is 1. The molecule has 1 saturated heterocycles. The number of rotatable bonds is 9. The first kappa shape index (κ1) is 24.8. The van der Waals surface area contributed by atoms with Gasteiger partial charge in [0.15, 0.2) is 17.5 Å². The minimum Gasteiger partial charge on any atom is -0.381 e. The van der Waals surface area contributed by atoms with E-state index in [0.717, 1.165) is 73.8 Å². The molecule has 3 N–H and O–H groups in total. The Morgan fingerprint density at radius 2 is 1.73 bits per heavy atom. The molecule has 1 aliphatic heterocycles. The number of hydrogen-bond acceptors (Lipinski definition) is 9. The zero-order valence-electron chi connectivity index (χ0n) is 21.5. The predicted molar refractivity (Wildman–Crippen MR) is 146 cm³/mol. The Bertz CT molecular complexity index is 1310. The van der Waals surface area contributed by atoms with E-state index in [-0.39, 0.29) is 0 Å². The maximum atomic E-state index is 6.07. The smallest absolute Gasteiger partial charge is 0.169 e. The summed E-state index contributed by atoms with van der Waals surface area (Å²) in [6.07, 6.45) is 11.3. The molecule has 0 amide bonds. The van der Waals surface area contributed by atoms with Crippen molar-refractivity contribution in [1.29, 1.82) is 0 Å². The number of anilines is 2. The van der Waals surface area contributed by atoms with Gasteiger partial charge in [0.2, 0.25) is 0 Å². The molecule has 192 valence electrons. The van der Waals surface area contributed by atoms with Gasteiger partial charge in [0.05, 0.1) is 18.1 Å². The number of piperazine rings is 1. The van der Waals surface area contributed by atoms with Crippen LogP contribution >= 0.6 is 0 Å². The van der Waals surface area contributed by atoms with Crippen LogP contribution in [0.3, 0.4) is 0 Å². The van der Waals surface area contributed by atoms with E-state index in [4.69, 9.17) is 5.73 Å². The van der Waals surface area contributed by atoms with E-state index in [0.29, 0.717) is 18.2 Å². The van der Waals surface area contributed by atoms with E-state index in [1.54, 1.807) is 17.1 Å². The van der Waals surface area contributed by atoms with Gasteiger partial charge in [0, 0.05) is 69.5 Å². The van der Waals surface area contributed by atoms with Crippen LogP contribution in [0.4, 0.5) is 11.6 Å². The van der Waals surface area contributed by atoms with Gasteiger partial charge in [-0.1, -0.05) is 18.2 Å². The number of hydrogen-bond donors (Lipinski definition) is 2. The third-order valence-corrected chi connectivity index (χ3v) is 6.69. The van der Waals surface area contributed by atoms with E-state index in [1.807, 2.05) is 37.8 Å². The van der Waals surface area contributed by atoms with Crippen molar-refractivity contribution in [3.63, 3.8) is 0 Å². The average Bonchev–Trinajstić information content (AvgIpc) is 3.36. The van der Waals surface area contributed by atoms with E-state index in [1.165, 1.54) is 5.56 Å². The first-order chi connectivity index (χ1) is 18.0. The van der Waals surface area contributed by atoms with Crippen LogP contribution in [0.25, 0.3) is 22.6 Å². The molecule has 0 unspecified atom stereocenters. The van der Waals surface area contributed by atoms with E-state index in [2.05, 4.69) is 59.3 Å². The highest BCUT2D eigenvalue weighted by Crippen LogP contribution is 2.22. The minimum absolute atomic E-state index is 0.357. The Kier molecular flexibility index (Phi) is 7.67. The van der Waals surface area contributed by atoms with Crippen LogP contribution in [0.15, 0.2) is 55.2 Å². The first-order valence-corrected chi connectivity index (χ1v) is 12.7. The molecule has 0 aliphatic carbocycles. The van der Waals surface area contributed by atoms with E-state index in [9.17, 15) is 0 Å². The second-order valence-corrected chi connectivity index (χ2v) is 9.61. The van der Waals surface area contributed by atoms with Gasteiger partial charge in [-0.25, -0.2) is 19.9 Å². The molecule has 1 aliphatic rings. The number of nitrogen functional groups attached to an aromatic ring is 1. The van der Waals surface area contributed by atoms with Crippen molar-refractivity contribution in [3.05, 3.63) is 66.4 Å². The molecule has 0 bridgehead atoms. The van der Waals surface area contributed by atoms with Gasteiger partial charge in [0.1, 0.15) is 0 Å². The van der Waals surface area contributed by atoms with Crippen LogP contribution in [-0.2, 0) is 20.0 Å². The summed E-state index contributed by atoms with van der Waals surface area (Å²) in [6.45, 7) is 6.31. The SMILES string of the molecule is CN1CCN(CCCc2cnc(-c3cccc(CNc4nc(-c5cnn(C)c5)cnc4N)c3)nc2)CC1. The fourth-order valence-electron chi connectivity index (χ4n) is 4.44. The highest BCUT2D eigenvalue weighted by molar-refractivity contribution is 5.64. The Balaban J connectivity index is 1.17. The molecule has 5 rings (SSSR count). The fourth-order valence-corrected chi connectivity index (χ4v) is 4.44. The molecular formula is C27H34N10. The van der Waals surface area contributed by atoms with Gasteiger partial charge >= 0.3 is 0 Å². The number of aryl methyl sites for hydroxylation is 2. The summed E-state index contributed by atoms with van der Waals surface area (Å²) in [5.74, 6) is 1.63. The summed E-state index contributed by atoms with van der Waals surface area (Å²) in [5.41, 5.74) is 10.9. The molecule has 37 heavy (non-hydrogen) atoms. The van der Waals surface area contributed by atoms with Crippen molar-refractivity contribution in [1.82, 2.24) is 39.5 Å². The van der Waals surface area contributed by atoms with Crippen molar-refractivity contribution < 1.29 is 0 Å². The molecule has 0 spiro atoms. The number of likely N-dealkylation sites (N-methyl/N-ethyl adjacent to an activating group) is 1. The number of nitrogens with one attached hydrogen (secondary N) is 1. The Labute approximate surface area is 217 Å². The molecule has 0 atom stereocenters. The van der Waals surface area contributed by atoms with Crippen molar-refractivity contribution in [2.45, 2.75) is 19.4 Å². The summed E-state index contributed by atoms with van der Waals surface area (Å²) >= 11 is 0. The van der Waals surface area contributed by atoms with Crippen molar-refractivity contribution in [3.8, 4) is 22.6 Å². The molecule has 4 aromatic rings. The topological polar surface area (TPSA) is 114 Å². The van der Waals surface area contributed by atoms with Crippen LogP contribution in [0, 0.1) is 0 Å². The van der Waals surface area contributed by atoms with Crippen LogP contribution < -0.4 is 11.1 Å². The molecule has 1 aromatic carbocycles. The van der Waals surface area contributed by atoms with E-state index < -0.39 is 0 Å². The summed E-state index contributed by atoms with van der Waals surface area (Å²) in [5, 5.41) is 7.51. The standard InChI is InChI=1S/C27H34N10/c1-35-9-11-37(12-10-35)8-4-6-21-15-30-26(31-16-21)22-7-3-5-20(13-22)14-32-27-25(28)29-18-24(34-27)23-17-33-36(2)19-23/h3,5,7,13,15-19H,4,6,8-12,14H2,1-2H3,(H2,28,29)(H,32,34). The lowest BCUT2D eigenvalue weighted by molar-refractivity contribution is 0.153. The van der Waals surface area contributed by atoms with Crippen molar-refractivity contribution >= 4 is 11.6 Å². The van der Waals surface area contributed by atoms with Crippen LogP contribution in [0.1, 0.15) is 17.5 Å². The highest BCUT2D eigenvalue weighted by atomic mass is 15.2. The Hall–Kier alpha value is -3.89. The second-order valence-electron chi connectivity index (χ2n) is 9.61. The molecule has 10 heteroatoms. The Morgan fingerprint density at radius 3 is 2.49 bits per heavy atom. The first-order valence-electron chi connectivity index (χ1n) is 12.7. The third-order valence-electron chi connectivity index (χ3n) is 6.69. The maximum absolute atomic E-state index is 6.07. The normalized spacial score (nSPS) is 14.6. The van der Waals surface area contributed by atoms with Gasteiger partial charge in [0.25, 0.3) is 0 Å². The van der Waals surface area contributed by atoms with Gasteiger partial charge in [-0.05, 0) is 43.6 Å². The number of aromatic nitrogens is 6. The molecule has 0 radical (unpaired) electrons. The monoisotopic (exact) mass is 498 g/mol. The van der Waals surface area contributed by atoms with Crippen LogP contribution in [-0.4, -0.2) is 79.3 Å². The number of nitrogens with zero attached hydrogens (tertiary/aromatic N) is 8. The summed E-state index contributed by atoms with van der Waals surface area (Å²) in [4.78, 5) is 23.1. The largest absolute Gasteiger partial charge is 0.381 e. The van der Waals surface area contributed by atoms with Gasteiger partial charge < -0.3 is 20.9 Å². The number of nitrogens with two attached hydrogens (primary N) is 1. The minimum atomic E-state index is 0.357. The lowest BCUT2D eigenvalue weighted by Gasteiger charge is -2.32. The zero-order chi connectivity index (χ0) is 25.6. The quantitative estimate of drug-likeness (QED) is 0.359. The average molecular weight is 499 g/mol. The highest BCUT2D eigenvalue weighted by Gasteiger charge is 2.13. The third kappa shape index (κ3) is 6.46. The molecule has 10 nitrogen and oxygen atoms in total. The van der Waals surface area contributed by atoms with Crippen LogP contribution in [0.2, 0.25) is 0 Å². The molecular weight excluding hydrogens is 464 g/mol. The maximum Gasteiger partial charge on any atom is 0.169 e. The van der Waals surface area contributed by atoms with Crippen molar-refractivity contribution in [2.24, 2.45) is 7.05 Å². The van der Waals surface area contributed by atoms with Gasteiger partial charge in [-0.2, -0.15) is 5.10 Å². The fraction of sp³-hybridized carbons (Fsp3) is 0.370. The summed E-state index contributed by atoms with van der Waals surface area (Å²) in [6, 6.07) is 8.19. The lowest BCUT2D eigenvalue weighted by atomic mass is 10.1. The zero-order valence-corrected chi connectivity index (χ0v) is 21.5. The molecule has 3 aromatic heterocycles. The summed E-state index contributed by atoms with van der Waals surface area (Å²) in [7, 11) is 4.06. The lowest BCUT2D eigenvalue weighted by Crippen LogP contribution is -2.44. The molecule has 4 heterocycles. The van der Waals surface area contributed by atoms with E-state index >= 15 is 0 Å². The predicted octanol–water partition coefficient (Wildman–Crippen LogP) is 2.71. The second kappa shape index (κ2) is 11.4. The van der Waals surface area contributed by atoms with Crippen molar-refractivity contribution in [2.75, 3.05) is 50.8 Å². The van der Waals surface area contributed by atoms with Gasteiger partial charge in [-0.15, -0.1) is 0 Å².